The molecule has 5 heterocycles. The third-order valence-corrected chi connectivity index (χ3v) is 11.2. The van der Waals surface area contributed by atoms with E-state index in [9.17, 15) is 9.50 Å². The smallest absolute Gasteiger partial charge is 0.319 e. The number of phenolic OH excluding ortho intramolecular Hbond substituents is 1. The Labute approximate surface area is 273 Å². The third-order valence-electron chi connectivity index (χ3n) is 11.2. The average molecular weight is 646 g/mol. The highest BCUT2D eigenvalue weighted by molar-refractivity contribution is 6.04. The summed E-state index contributed by atoms with van der Waals surface area (Å²) in [5, 5.41) is 16.4. The number of nitrogens with one attached hydrogen (secondary N) is 1. The van der Waals surface area contributed by atoms with E-state index in [-0.39, 0.29) is 47.3 Å². The lowest BCUT2D eigenvalue weighted by atomic mass is 9.89. The zero-order chi connectivity index (χ0) is 32.4. The maximum absolute atomic E-state index is 17.2. The third kappa shape index (κ3) is 5.01. The first-order chi connectivity index (χ1) is 22.8. The SMILES string of the molecule is CCC[C@@H]1NCCN2c3nc(OC[C@@]45CCCN4C[C@H](F)C5)nc4c(F)c(-c5cc(O)cc6ccc(F)c(CC)c56)cc(c34)CC[C@H]12. The molecule has 3 saturated heterocycles. The number of aryl methyl sites for hydroxylation is 2. The summed E-state index contributed by atoms with van der Waals surface area (Å²) < 4.78 is 53.3. The van der Waals surface area contributed by atoms with E-state index in [1.807, 2.05) is 13.0 Å². The molecule has 248 valence electrons. The van der Waals surface area contributed by atoms with Gasteiger partial charge in [0.05, 0.1) is 5.54 Å². The summed E-state index contributed by atoms with van der Waals surface area (Å²) in [6.45, 7) is 7.06. The molecule has 0 saturated carbocycles. The van der Waals surface area contributed by atoms with Gasteiger partial charge in [-0.15, -0.1) is 0 Å². The van der Waals surface area contributed by atoms with Gasteiger partial charge in [-0.05, 0) is 96.8 Å². The molecule has 8 rings (SSSR count). The van der Waals surface area contributed by atoms with E-state index in [4.69, 9.17) is 14.7 Å². The van der Waals surface area contributed by atoms with Crippen molar-refractivity contribution in [3.05, 3.63) is 53.1 Å². The number of alkyl halides is 1. The Hall–Kier alpha value is -3.63. The van der Waals surface area contributed by atoms with E-state index in [2.05, 4.69) is 22.0 Å². The Morgan fingerprint density at radius 3 is 2.79 bits per heavy atom. The monoisotopic (exact) mass is 645 g/mol. The summed E-state index contributed by atoms with van der Waals surface area (Å²) in [4.78, 5) is 14.3. The maximum atomic E-state index is 17.2. The van der Waals surface area contributed by atoms with Crippen LogP contribution in [0.15, 0.2) is 30.3 Å². The zero-order valence-electron chi connectivity index (χ0n) is 27.1. The number of hydrogen-bond donors (Lipinski definition) is 2. The molecule has 4 aliphatic rings. The molecule has 3 fully saturated rings. The number of phenols is 1. The molecule has 3 aromatic carbocycles. The molecule has 0 bridgehead atoms. The summed E-state index contributed by atoms with van der Waals surface area (Å²) in [5.41, 5.74) is 1.86. The highest BCUT2D eigenvalue weighted by Gasteiger charge is 2.49. The molecule has 0 aliphatic carbocycles. The second-order valence-corrected chi connectivity index (χ2v) is 13.9. The minimum Gasteiger partial charge on any atom is -0.508 e. The van der Waals surface area contributed by atoms with Gasteiger partial charge in [0.25, 0.3) is 0 Å². The quantitative estimate of drug-likeness (QED) is 0.228. The molecule has 0 radical (unpaired) electrons. The molecule has 0 spiro atoms. The number of anilines is 1. The molecular weight excluding hydrogens is 603 g/mol. The lowest BCUT2D eigenvalue weighted by Crippen LogP contribution is -2.58. The van der Waals surface area contributed by atoms with Gasteiger partial charge in [0.2, 0.25) is 0 Å². The molecule has 4 aliphatic heterocycles. The Balaban J connectivity index is 1.32. The maximum Gasteiger partial charge on any atom is 0.319 e. The van der Waals surface area contributed by atoms with E-state index in [0.717, 1.165) is 57.3 Å². The van der Waals surface area contributed by atoms with Gasteiger partial charge in [0.15, 0.2) is 5.82 Å². The minimum atomic E-state index is -0.893. The first kappa shape index (κ1) is 30.7. The fourth-order valence-electron chi connectivity index (χ4n) is 9.11. The number of hydrogen-bond acceptors (Lipinski definition) is 7. The Kier molecular flexibility index (Phi) is 7.71. The van der Waals surface area contributed by atoms with Crippen molar-refractivity contribution in [2.24, 2.45) is 0 Å². The summed E-state index contributed by atoms with van der Waals surface area (Å²) in [5.74, 6) is -0.264. The van der Waals surface area contributed by atoms with Gasteiger partial charge in [-0.3, -0.25) is 4.90 Å². The topological polar surface area (TPSA) is 73.8 Å². The van der Waals surface area contributed by atoms with Crippen LogP contribution in [0.25, 0.3) is 32.8 Å². The van der Waals surface area contributed by atoms with E-state index in [0.29, 0.717) is 58.9 Å². The summed E-state index contributed by atoms with van der Waals surface area (Å²) in [6.07, 6.45) is 5.34. The second kappa shape index (κ2) is 11.8. The molecule has 0 unspecified atom stereocenters. The fourth-order valence-corrected chi connectivity index (χ4v) is 9.11. The highest BCUT2D eigenvalue weighted by atomic mass is 19.1. The van der Waals surface area contributed by atoms with E-state index in [1.165, 1.54) is 12.1 Å². The minimum absolute atomic E-state index is 0.0207. The van der Waals surface area contributed by atoms with Crippen molar-refractivity contribution < 1.29 is 23.0 Å². The standard InChI is InChI=1S/C37H42F3N5O2/c1-3-6-29-30-10-8-22-16-27(26-17-24(46)15-21-7-9-28(39)25(4-2)31(21)26)33(40)34-32(22)35(45(30)14-12-41-29)43-36(42-34)47-20-37-11-5-13-44(37)19-23(38)18-37/h7,9,15-17,23,29-30,41,46H,3-6,8,10-14,18-20H2,1-2H3/t23-,29+,30-,37+/m1/s1. The lowest BCUT2D eigenvalue weighted by Gasteiger charge is -2.42. The van der Waals surface area contributed by atoms with E-state index in [1.54, 1.807) is 12.1 Å². The lowest BCUT2D eigenvalue weighted by molar-refractivity contribution is 0.107. The first-order valence-corrected chi connectivity index (χ1v) is 17.3. The van der Waals surface area contributed by atoms with Crippen LogP contribution in [0.3, 0.4) is 0 Å². The van der Waals surface area contributed by atoms with Crippen molar-refractivity contribution in [2.45, 2.75) is 89.0 Å². The van der Waals surface area contributed by atoms with Gasteiger partial charge in [0.1, 0.15) is 35.7 Å². The number of aromatic hydroxyl groups is 1. The van der Waals surface area contributed by atoms with Crippen molar-refractivity contribution in [3.63, 3.8) is 0 Å². The van der Waals surface area contributed by atoms with Crippen molar-refractivity contribution in [1.29, 1.82) is 0 Å². The molecule has 1 aromatic heterocycles. The predicted molar refractivity (Wildman–Crippen MR) is 178 cm³/mol. The van der Waals surface area contributed by atoms with E-state index >= 15 is 8.78 Å². The van der Waals surface area contributed by atoms with Crippen LogP contribution in [0, 0.1) is 11.6 Å². The van der Waals surface area contributed by atoms with E-state index < -0.39 is 17.5 Å². The van der Waals surface area contributed by atoms with Crippen molar-refractivity contribution in [3.8, 4) is 22.9 Å². The Morgan fingerprint density at radius 2 is 1.96 bits per heavy atom. The van der Waals surface area contributed by atoms with Crippen LogP contribution < -0.4 is 15.0 Å². The Morgan fingerprint density at radius 1 is 1.09 bits per heavy atom. The van der Waals surface area contributed by atoms with Crippen molar-refractivity contribution >= 4 is 27.5 Å². The van der Waals surface area contributed by atoms with Gasteiger partial charge in [-0.1, -0.05) is 26.3 Å². The number of ether oxygens (including phenoxy) is 1. The van der Waals surface area contributed by atoms with Crippen molar-refractivity contribution in [1.82, 2.24) is 20.2 Å². The number of rotatable bonds is 7. The number of piperazine rings is 1. The molecule has 4 aromatic rings. The molecule has 2 N–H and O–H groups in total. The number of nitrogens with zero attached hydrogens (tertiary/aromatic N) is 4. The first-order valence-electron chi connectivity index (χ1n) is 17.3. The largest absolute Gasteiger partial charge is 0.508 e. The zero-order valence-corrected chi connectivity index (χ0v) is 27.1. The summed E-state index contributed by atoms with van der Waals surface area (Å²) in [6, 6.07) is 8.51. The molecule has 10 heteroatoms. The van der Waals surface area contributed by atoms with Gasteiger partial charge < -0.3 is 20.1 Å². The van der Waals surface area contributed by atoms with Gasteiger partial charge >= 0.3 is 6.01 Å². The van der Waals surface area contributed by atoms with Gasteiger partial charge in [-0.2, -0.15) is 9.97 Å². The highest BCUT2D eigenvalue weighted by Crippen LogP contribution is 2.45. The summed E-state index contributed by atoms with van der Waals surface area (Å²) in [7, 11) is 0. The second-order valence-electron chi connectivity index (χ2n) is 13.9. The average Bonchev–Trinajstić information content (AvgIpc) is 3.53. The summed E-state index contributed by atoms with van der Waals surface area (Å²) >= 11 is 0. The molecular formula is C37H42F3N5O2. The van der Waals surface area contributed by atoms with Crippen LogP contribution in [0.1, 0.15) is 63.5 Å². The van der Waals surface area contributed by atoms with Crippen LogP contribution in [-0.2, 0) is 12.8 Å². The van der Waals surface area contributed by atoms with Crippen molar-refractivity contribution in [2.75, 3.05) is 37.7 Å². The van der Waals surface area contributed by atoms with Crippen LogP contribution in [-0.4, -0.2) is 76.6 Å². The van der Waals surface area contributed by atoms with Crippen LogP contribution in [0.4, 0.5) is 19.0 Å². The number of fused-ring (bicyclic) bond motifs is 4. The molecule has 4 atom stereocenters. The van der Waals surface area contributed by atoms with Gasteiger partial charge in [0, 0.05) is 49.1 Å². The molecule has 7 nitrogen and oxygen atoms in total. The van der Waals surface area contributed by atoms with Gasteiger partial charge in [-0.25, -0.2) is 13.2 Å². The normalized spacial score (nSPS) is 25.7. The molecule has 0 amide bonds. The van der Waals surface area contributed by atoms with Crippen LogP contribution in [0.2, 0.25) is 0 Å². The predicted octanol–water partition coefficient (Wildman–Crippen LogP) is 6.84. The number of aromatic nitrogens is 2. The number of benzene rings is 3. The van der Waals surface area contributed by atoms with Crippen LogP contribution in [0.5, 0.6) is 11.8 Å². The van der Waals surface area contributed by atoms with Crippen LogP contribution >= 0.6 is 0 Å². The fraction of sp³-hybridized carbons (Fsp3) is 0.514. The molecule has 47 heavy (non-hydrogen) atoms. The Bertz CT molecular complexity index is 1870. The number of halogens is 3.